The molecule has 0 amide bonds. The zero-order valence-corrected chi connectivity index (χ0v) is 13.5. The molecule has 0 aliphatic carbocycles. The number of hydrogen-bond donors (Lipinski definition) is 1. The van der Waals surface area contributed by atoms with Gasteiger partial charge in [0.15, 0.2) is 0 Å². The van der Waals surface area contributed by atoms with Crippen LogP contribution in [0, 0.1) is 12.7 Å². The number of halogens is 2. The van der Waals surface area contributed by atoms with Crippen molar-refractivity contribution in [1.29, 1.82) is 0 Å². The van der Waals surface area contributed by atoms with Gasteiger partial charge in [0.1, 0.15) is 5.82 Å². The van der Waals surface area contributed by atoms with Crippen molar-refractivity contribution < 1.29 is 4.39 Å². The fourth-order valence-corrected chi connectivity index (χ4v) is 2.88. The summed E-state index contributed by atoms with van der Waals surface area (Å²) in [7, 11) is 1.90. The zero-order chi connectivity index (χ0) is 14.9. The van der Waals surface area contributed by atoms with E-state index in [0.717, 1.165) is 21.4 Å². The first-order valence-corrected chi connectivity index (χ1v) is 7.39. The number of aryl methyl sites for hydroxylation is 2. The van der Waals surface area contributed by atoms with E-state index in [4.69, 9.17) is 5.73 Å². The highest BCUT2D eigenvalue weighted by molar-refractivity contribution is 9.10. The predicted octanol–water partition coefficient (Wildman–Crippen LogP) is 3.44. The molecule has 1 heterocycles. The highest BCUT2D eigenvalue weighted by Crippen LogP contribution is 2.31. The van der Waals surface area contributed by atoms with Gasteiger partial charge in [-0.25, -0.2) is 4.39 Å². The minimum atomic E-state index is -0.606. The Balaban J connectivity index is 2.41. The second kappa shape index (κ2) is 5.66. The van der Waals surface area contributed by atoms with Crippen molar-refractivity contribution in [3.63, 3.8) is 0 Å². The third-order valence-corrected chi connectivity index (χ3v) is 4.81. The molecule has 2 rings (SSSR count). The summed E-state index contributed by atoms with van der Waals surface area (Å²) in [6, 6.07) is 6.53. The smallest absolute Gasteiger partial charge is 0.123 e. The van der Waals surface area contributed by atoms with Gasteiger partial charge in [0.05, 0.1) is 15.9 Å². The molecule has 0 spiro atoms. The number of nitrogens with zero attached hydrogens (tertiary/aromatic N) is 2. The van der Waals surface area contributed by atoms with Crippen molar-refractivity contribution in [1.82, 2.24) is 9.78 Å². The van der Waals surface area contributed by atoms with Gasteiger partial charge in [0.25, 0.3) is 0 Å². The standard InChI is InChI=1S/C15H19BrFN3/c1-4-15(18,11-6-5-7-12(17)8-11)9-13-14(16)10(2)19-20(13)3/h5-8H,4,9,18H2,1-3H3. The average molecular weight is 340 g/mol. The van der Waals surface area contributed by atoms with E-state index < -0.39 is 5.54 Å². The van der Waals surface area contributed by atoms with E-state index in [1.165, 1.54) is 12.1 Å². The molecule has 0 bridgehead atoms. The molecule has 1 unspecified atom stereocenters. The predicted molar refractivity (Wildman–Crippen MR) is 81.9 cm³/mol. The van der Waals surface area contributed by atoms with Crippen LogP contribution in [-0.2, 0) is 19.0 Å². The lowest BCUT2D eigenvalue weighted by Gasteiger charge is -2.29. The van der Waals surface area contributed by atoms with Crippen LogP contribution < -0.4 is 5.73 Å². The lowest BCUT2D eigenvalue weighted by Crippen LogP contribution is -2.39. The van der Waals surface area contributed by atoms with Crippen molar-refractivity contribution in [3.05, 3.63) is 51.5 Å². The molecule has 0 fully saturated rings. The number of hydrogen-bond acceptors (Lipinski definition) is 2. The molecular formula is C15H19BrFN3. The Bertz CT molecular complexity index is 624. The van der Waals surface area contributed by atoms with Gasteiger partial charge in [-0.1, -0.05) is 19.1 Å². The van der Waals surface area contributed by atoms with Crippen LogP contribution in [0.4, 0.5) is 4.39 Å². The fourth-order valence-electron chi connectivity index (χ4n) is 2.40. The topological polar surface area (TPSA) is 43.8 Å². The van der Waals surface area contributed by atoms with Crippen molar-refractivity contribution in [2.45, 2.75) is 32.2 Å². The van der Waals surface area contributed by atoms with Gasteiger partial charge in [0, 0.05) is 19.0 Å². The van der Waals surface area contributed by atoms with Crippen molar-refractivity contribution >= 4 is 15.9 Å². The summed E-state index contributed by atoms with van der Waals surface area (Å²) in [5.74, 6) is -0.258. The molecule has 1 aromatic heterocycles. The van der Waals surface area contributed by atoms with Crippen LogP contribution in [-0.4, -0.2) is 9.78 Å². The third-order valence-electron chi connectivity index (χ3n) is 3.77. The van der Waals surface area contributed by atoms with Crippen LogP contribution in [0.15, 0.2) is 28.7 Å². The van der Waals surface area contributed by atoms with Crippen molar-refractivity contribution in [3.8, 4) is 0 Å². The van der Waals surface area contributed by atoms with E-state index in [1.807, 2.05) is 31.6 Å². The Morgan fingerprint density at radius 1 is 1.45 bits per heavy atom. The van der Waals surface area contributed by atoms with Crippen molar-refractivity contribution in [2.24, 2.45) is 12.8 Å². The molecule has 0 saturated heterocycles. The van der Waals surface area contributed by atoms with Crippen LogP contribution in [0.2, 0.25) is 0 Å². The maximum Gasteiger partial charge on any atom is 0.123 e. The molecule has 1 atom stereocenters. The minimum absolute atomic E-state index is 0.258. The molecule has 0 aliphatic rings. The first kappa shape index (κ1) is 15.2. The van der Waals surface area contributed by atoms with Crippen LogP contribution in [0.3, 0.4) is 0 Å². The molecule has 2 N–H and O–H groups in total. The van der Waals surface area contributed by atoms with Crippen LogP contribution >= 0.6 is 15.9 Å². The molecule has 0 radical (unpaired) electrons. The highest BCUT2D eigenvalue weighted by atomic mass is 79.9. The molecule has 0 saturated carbocycles. The zero-order valence-electron chi connectivity index (χ0n) is 12.0. The fraction of sp³-hybridized carbons (Fsp3) is 0.400. The number of rotatable bonds is 4. The summed E-state index contributed by atoms with van der Waals surface area (Å²) in [5.41, 5.74) is 8.70. The van der Waals surface area contributed by atoms with Gasteiger partial charge < -0.3 is 5.73 Å². The van der Waals surface area contributed by atoms with Gasteiger partial charge in [-0.05, 0) is 47.0 Å². The normalized spacial score (nSPS) is 14.3. The maximum atomic E-state index is 13.5. The average Bonchev–Trinajstić information content (AvgIpc) is 2.65. The molecule has 1 aromatic carbocycles. The molecular weight excluding hydrogens is 321 g/mol. The van der Waals surface area contributed by atoms with Crippen molar-refractivity contribution in [2.75, 3.05) is 0 Å². The van der Waals surface area contributed by atoms with Crippen LogP contribution in [0.25, 0.3) is 0 Å². The minimum Gasteiger partial charge on any atom is -0.321 e. The van der Waals surface area contributed by atoms with Gasteiger partial charge in [0.2, 0.25) is 0 Å². The lowest BCUT2D eigenvalue weighted by atomic mass is 9.84. The van der Waals surface area contributed by atoms with Gasteiger partial charge in [-0.3, -0.25) is 4.68 Å². The summed E-state index contributed by atoms with van der Waals surface area (Å²) in [4.78, 5) is 0. The van der Waals surface area contributed by atoms with Crippen LogP contribution in [0.5, 0.6) is 0 Å². The summed E-state index contributed by atoms with van der Waals surface area (Å²) in [6.07, 6.45) is 1.32. The summed E-state index contributed by atoms with van der Waals surface area (Å²) < 4.78 is 16.3. The molecule has 2 aromatic rings. The largest absolute Gasteiger partial charge is 0.321 e. The molecule has 0 aliphatic heterocycles. The second-order valence-electron chi connectivity index (χ2n) is 5.17. The first-order valence-electron chi connectivity index (χ1n) is 6.60. The Morgan fingerprint density at radius 3 is 2.65 bits per heavy atom. The van der Waals surface area contributed by atoms with Gasteiger partial charge in [-0.2, -0.15) is 5.10 Å². The van der Waals surface area contributed by atoms with Gasteiger partial charge >= 0.3 is 0 Å². The monoisotopic (exact) mass is 339 g/mol. The Hall–Kier alpha value is -1.20. The van der Waals surface area contributed by atoms with E-state index in [1.54, 1.807) is 6.07 Å². The van der Waals surface area contributed by atoms with E-state index in [9.17, 15) is 4.39 Å². The van der Waals surface area contributed by atoms with E-state index in [-0.39, 0.29) is 5.82 Å². The summed E-state index contributed by atoms with van der Waals surface area (Å²) >= 11 is 3.56. The van der Waals surface area contributed by atoms with E-state index in [0.29, 0.717) is 12.8 Å². The Kier molecular flexibility index (Phi) is 4.30. The summed E-state index contributed by atoms with van der Waals surface area (Å²) in [6.45, 7) is 3.96. The highest BCUT2D eigenvalue weighted by Gasteiger charge is 2.29. The number of nitrogens with two attached hydrogens (primary N) is 1. The Morgan fingerprint density at radius 2 is 2.15 bits per heavy atom. The number of benzene rings is 1. The van der Waals surface area contributed by atoms with Crippen LogP contribution in [0.1, 0.15) is 30.3 Å². The molecule has 108 valence electrons. The third kappa shape index (κ3) is 2.79. The lowest BCUT2D eigenvalue weighted by molar-refractivity contribution is 0.409. The Labute approximate surface area is 127 Å². The summed E-state index contributed by atoms with van der Waals surface area (Å²) in [5, 5.41) is 4.38. The maximum absolute atomic E-state index is 13.5. The molecule has 20 heavy (non-hydrogen) atoms. The van der Waals surface area contributed by atoms with E-state index >= 15 is 0 Å². The number of aromatic nitrogens is 2. The van der Waals surface area contributed by atoms with Gasteiger partial charge in [-0.15, -0.1) is 0 Å². The quantitative estimate of drug-likeness (QED) is 0.927. The SMILES string of the molecule is CCC(N)(Cc1c(Br)c(C)nn1C)c1cccc(F)c1. The molecule has 5 heteroatoms. The molecule has 3 nitrogen and oxygen atoms in total. The second-order valence-corrected chi connectivity index (χ2v) is 5.96. The van der Waals surface area contributed by atoms with E-state index in [2.05, 4.69) is 21.0 Å². The first-order chi connectivity index (χ1) is 9.37.